The molecule has 0 heterocycles. The van der Waals surface area contributed by atoms with E-state index in [1.165, 1.54) is 22.3 Å². The summed E-state index contributed by atoms with van der Waals surface area (Å²) in [7, 11) is 0. The van der Waals surface area contributed by atoms with Gasteiger partial charge in [0.2, 0.25) is 0 Å². The summed E-state index contributed by atoms with van der Waals surface area (Å²) in [5, 5.41) is 0. The molecule has 5 aromatic carbocycles. The van der Waals surface area contributed by atoms with Crippen LogP contribution in [0.2, 0.25) is 0 Å². The van der Waals surface area contributed by atoms with E-state index in [1.54, 1.807) is 0 Å². The molecule has 0 aromatic heterocycles. The van der Waals surface area contributed by atoms with Gasteiger partial charge in [0, 0.05) is 36.9 Å². The van der Waals surface area contributed by atoms with E-state index in [1.807, 2.05) is 20.8 Å². The molecule has 0 unspecified atom stereocenters. The van der Waals surface area contributed by atoms with Crippen LogP contribution in [0.4, 0.5) is 17.1 Å². The molecule has 0 saturated heterocycles. The molecule has 230 valence electrons. The first kappa shape index (κ1) is 31.9. The van der Waals surface area contributed by atoms with Crippen LogP contribution >= 0.6 is 0 Å². The van der Waals surface area contributed by atoms with Crippen molar-refractivity contribution in [3.63, 3.8) is 0 Å². The minimum atomic E-state index is 0.614. The van der Waals surface area contributed by atoms with Gasteiger partial charge in [0.05, 0.1) is 19.8 Å². The number of hydrogen-bond donors (Lipinski definition) is 0. The van der Waals surface area contributed by atoms with Crippen LogP contribution in [0, 0.1) is 0 Å². The first-order valence-corrected chi connectivity index (χ1v) is 15.9. The van der Waals surface area contributed by atoms with Gasteiger partial charge in [-0.2, -0.15) is 0 Å². The molecular weight excluding hydrogens is 554 g/mol. The zero-order chi connectivity index (χ0) is 31.3. The fourth-order valence-electron chi connectivity index (χ4n) is 5.21. The van der Waals surface area contributed by atoms with Gasteiger partial charge in [-0.3, -0.25) is 0 Å². The van der Waals surface area contributed by atoms with Crippen molar-refractivity contribution in [2.75, 3.05) is 24.7 Å². The summed E-state index contributed by atoms with van der Waals surface area (Å²) in [6.45, 7) is 10.0. The molecule has 4 heteroatoms. The maximum atomic E-state index is 5.63. The first-order valence-electron chi connectivity index (χ1n) is 15.9. The average Bonchev–Trinajstić information content (AvgIpc) is 3.10. The highest BCUT2D eigenvalue weighted by Crippen LogP contribution is 2.36. The molecule has 0 spiro atoms. The van der Waals surface area contributed by atoms with Gasteiger partial charge in [-0.1, -0.05) is 91.0 Å². The Hall–Kier alpha value is -4.48. The number of anilines is 3. The third-order valence-electron chi connectivity index (χ3n) is 7.62. The second-order valence-corrected chi connectivity index (χ2v) is 10.8. The molecule has 0 bridgehead atoms. The van der Waals surface area contributed by atoms with Crippen LogP contribution in [0.15, 0.2) is 127 Å². The van der Waals surface area contributed by atoms with Gasteiger partial charge in [-0.05, 0) is 102 Å². The van der Waals surface area contributed by atoms with Crippen molar-refractivity contribution in [2.45, 2.75) is 40.6 Å². The largest absolute Gasteiger partial charge is 0.377 e. The lowest BCUT2D eigenvalue weighted by Gasteiger charge is -2.26. The van der Waals surface area contributed by atoms with Crippen LogP contribution < -0.4 is 4.90 Å². The van der Waals surface area contributed by atoms with Crippen molar-refractivity contribution in [2.24, 2.45) is 0 Å². The molecule has 5 aromatic rings. The molecule has 5 rings (SSSR count). The minimum absolute atomic E-state index is 0.614. The average molecular weight is 598 g/mol. The highest BCUT2D eigenvalue weighted by Gasteiger charge is 2.13. The predicted molar refractivity (Wildman–Crippen MR) is 187 cm³/mol. The smallest absolute Gasteiger partial charge is 0.0716 e. The fraction of sp³-hybridized carbons (Fsp3) is 0.220. The van der Waals surface area contributed by atoms with Crippen molar-refractivity contribution >= 4 is 28.7 Å². The Balaban J connectivity index is 1.48. The topological polar surface area (TPSA) is 30.9 Å². The molecule has 0 fully saturated rings. The Kier molecular flexibility index (Phi) is 11.7. The maximum absolute atomic E-state index is 5.63. The first-order chi connectivity index (χ1) is 22.2. The van der Waals surface area contributed by atoms with Gasteiger partial charge >= 0.3 is 0 Å². The molecule has 0 saturated carbocycles. The number of nitrogens with zero attached hydrogens (tertiary/aromatic N) is 1. The van der Waals surface area contributed by atoms with Crippen LogP contribution in [0.1, 0.15) is 54.2 Å². The Morgan fingerprint density at radius 3 is 1.27 bits per heavy atom. The summed E-state index contributed by atoms with van der Waals surface area (Å²) in [5.41, 5.74) is 11.4. The number of ether oxygens (including phenoxy) is 3. The molecule has 0 amide bonds. The lowest BCUT2D eigenvalue weighted by molar-refractivity contribution is 0.134. The second-order valence-electron chi connectivity index (χ2n) is 10.8. The van der Waals surface area contributed by atoms with Crippen LogP contribution in [0.3, 0.4) is 0 Å². The number of benzene rings is 5. The Bertz CT molecular complexity index is 1560. The second kappa shape index (κ2) is 16.6. The summed E-state index contributed by atoms with van der Waals surface area (Å²) in [4.78, 5) is 2.29. The van der Waals surface area contributed by atoms with Crippen molar-refractivity contribution in [3.05, 3.63) is 161 Å². The zero-order valence-corrected chi connectivity index (χ0v) is 26.6. The van der Waals surface area contributed by atoms with Crippen LogP contribution in [-0.2, 0) is 34.0 Å². The van der Waals surface area contributed by atoms with Crippen LogP contribution in [0.5, 0.6) is 0 Å². The standard InChI is InChI=1S/C41H43NO3/c1-4-43-29-33-12-20-37(21-13-33)41(36-10-8-7-9-11-36)28-32-14-22-38(23-15-32)42(39-24-16-34(17-25-39)30-44-5-2)40-26-18-35(19-27-40)31-45-6-3/h7-28H,4-6,29-31H2,1-3H3. The third kappa shape index (κ3) is 8.80. The highest BCUT2D eigenvalue weighted by atomic mass is 16.5. The summed E-state index contributed by atoms with van der Waals surface area (Å²) in [5.74, 6) is 0. The van der Waals surface area contributed by atoms with E-state index in [0.29, 0.717) is 39.6 Å². The lowest BCUT2D eigenvalue weighted by Crippen LogP contribution is -2.10. The van der Waals surface area contributed by atoms with Crippen molar-refractivity contribution in [1.82, 2.24) is 0 Å². The van der Waals surface area contributed by atoms with E-state index >= 15 is 0 Å². The molecule has 0 radical (unpaired) electrons. The molecule has 0 atom stereocenters. The SMILES string of the molecule is CCOCc1ccc(C(=Cc2ccc(N(c3ccc(COCC)cc3)c3ccc(COCC)cc3)cc2)c2ccccc2)cc1. The monoisotopic (exact) mass is 597 g/mol. The van der Waals surface area contributed by atoms with E-state index in [0.717, 1.165) is 33.8 Å². The van der Waals surface area contributed by atoms with Gasteiger partial charge in [-0.15, -0.1) is 0 Å². The van der Waals surface area contributed by atoms with E-state index in [2.05, 4.69) is 138 Å². The zero-order valence-electron chi connectivity index (χ0n) is 26.6. The third-order valence-corrected chi connectivity index (χ3v) is 7.62. The van der Waals surface area contributed by atoms with Crippen LogP contribution in [-0.4, -0.2) is 19.8 Å². The minimum Gasteiger partial charge on any atom is -0.377 e. The van der Waals surface area contributed by atoms with Crippen molar-refractivity contribution < 1.29 is 14.2 Å². The number of hydrogen-bond acceptors (Lipinski definition) is 4. The molecule has 0 aliphatic rings. The highest BCUT2D eigenvalue weighted by molar-refractivity contribution is 5.91. The lowest BCUT2D eigenvalue weighted by atomic mass is 9.95. The van der Waals surface area contributed by atoms with E-state index in [4.69, 9.17) is 14.2 Å². The summed E-state index contributed by atoms with van der Waals surface area (Å²) >= 11 is 0. The Labute approximate surface area is 268 Å². The van der Waals surface area contributed by atoms with Crippen molar-refractivity contribution in [3.8, 4) is 0 Å². The Morgan fingerprint density at radius 2 is 0.844 bits per heavy atom. The predicted octanol–water partition coefficient (Wildman–Crippen LogP) is 10.4. The quantitative estimate of drug-likeness (QED) is 0.112. The van der Waals surface area contributed by atoms with E-state index in [-0.39, 0.29) is 0 Å². The van der Waals surface area contributed by atoms with Gasteiger partial charge < -0.3 is 19.1 Å². The molecule has 0 N–H and O–H groups in total. The maximum Gasteiger partial charge on any atom is 0.0716 e. The molecular formula is C41H43NO3. The number of rotatable bonds is 15. The molecule has 0 aliphatic carbocycles. The van der Waals surface area contributed by atoms with Crippen molar-refractivity contribution in [1.29, 1.82) is 0 Å². The molecule has 4 nitrogen and oxygen atoms in total. The van der Waals surface area contributed by atoms with Gasteiger partial charge in [-0.25, -0.2) is 0 Å². The fourth-order valence-corrected chi connectivity index (χ4v) is 5.21. The Morgan fingerprint density at radius 1 is 0.467 bits per heavy atom. The van der Waals surface area contributed by atoms with E-state index in [9.17, 15) is 0 Å². The normalized spacial score (nSPS) is 11.5. The van der Waals surface area contributed by atoms with Crippen LogP contribution in [0.25, 0.3) is 11.6 Å². The van der Waals surface area contributed by atoms with Gasteiger partial charge in [0.15, 0.2) is 0 Å². The summed E-state index contributed by atoms with van der Waals surface area (Å²) in [6, 6.07) is 45.3. The molecule has 45 heavy (non-hydrogen) atoms. The van der Waals surface area contributed by atoms with Gasteiger partial charge in [0.1, 0.15) is 0 Å². The van der Waals surface area contributed by atoms with Gasteiger partial charge in [0.25, 0.3) is 0 Å². The summed E-state index contributed by atoms with van der Waals surface area (Å²) in [6.07, 6.45) is 2.27. The summed E-state index contributed by atoms with van der Waals surface area (Å²) < 4.78 is 16.9. The molecule has 0 aliphatic heterocycles. The van der Waals surface area contributed by atoms with E-state index < -0.39 is 0 Å².